The van der Waals surface area contributed by atoms with Gasteiger partial charge in [-0.1, -0.05) is 18.2 Å². The zero-order chi connectivity index (χ0) is 14.8. The van der Waals surface area contributed by atoms with Crippen LogP contribution >= 0.6 is 11.6 Å². The van der Waals surface area contributed by atoms with Crippen LogP contribution in [0.15, 0.2) is 42.5 Å². The monoisotopic (exact) mass is 300 g/mol. The van der Waals surface area contributed by atoms with E-state index in [1.165, 1.54) is 16.4 Å². The summed E-state index contributed by atoms with van der Waals surface area (Å²) in [6, 6.07) is 14.4. The van der Waals surface area contributed by atoms with Crippen molar-refractivity contribution in [3.8, 4) is 0 Å². The number of rotatable bonds is 4. The Balaban J connectivity index is 2.13. The number of para-hydroxylation sites is 1. The standard InChI is InChI=1S/C17H17ClN2O/c1-2-20-15-6-4-3-5-13(15)14-11-12(7-8-16(14)20)19-17(21)9-10-18/h3-8,11H,2,9-10H2,1H3,(H,19,21). The number of aromatic nitrogens is 1. The minimum Gasteiger partial charge on any atom is -0.341 e. The van der Waals surface area contributed by atoms with Crippen molar-refractivity contribution in [1.82, 2.24) is 4.57 Å². The van der Waals surface area contributed by atoms with Gasteiger partial charge in [-0.15, -0.1) is 11.6 Å². The van der Waals surface area contributed by atoms with Gasteiger partial charge in [-0.05, 0) is 31.2 Å². The van der Waals surface area contributed by atoms with Crippen molar-refractivity contribution >= 4 is 45.0 Å². The molecule has 3 nitrogen and oxygen atoms in total. The van der Waals surface area contributed by atoms with E-state index in [1.54, 1.807) is 0 Å². The molecule has 0 bridgehead atoms. The maximum atomic E-state index is 11.7. The average Bonchev–Trinajstić information content (AvgIpc) is 2.81. The summed E-state index contributed by atoms with van der Waals surface area (Å²) >= 11 is 5.59. The number of nitrogens with zero attached hydrogens (tertiary/aromatic N) is 1. The van der Waals surface area contributed by atoms with E-state index in [1.807, 2.05) is 18.2 Å². The highest BCUT2D eigenvalue weighted by atomic mass is 35.5. The van der Waals surface area contributed by atoms with Gasteiger partial charge in [-0.25, -0.2) is 0 Å². The Morgan fingerprint density at radius 1 is 1.14 bits per heavy atom. The summed E-state index contributed by atoms with van der Waals surface area (Å²) in [6.45, 7) is 3.06. The van der Waals surface area contributed by atoms with Crippen molar-refractivity contribution in [3.63, 3.8) is 0 Å². The number of hydrogen-bond acceptors (Lipinski definition) is 1. The Morgan fingerprint density at radius 3 is 2.67 bits per heavy atom. The minimum absolute atomic E-state index is 0.0522. The second-order valence-corrected chi connectivity index (χ2v) is 5.36. The maximum absolute atomic E-state index is 11.7. The van der Waals surface area contributed by atoms with Gasteiger partial charge in [0.25, 0.3) is 0 Å². The number of hydrogen-bond donors (Lipinski definition) is 1. The van der Waals surface area contributed by atoms with Gasteiger partial charge in [-0.3, -0.25) is 4.79 Å². The summed E-state index contributed by atoms with van der Waals surface area (Å²) in [6.07, 6.45) is 0.330. The predicted octanol–water partition coefficient (Wildman–Crippen LogP) is 4.38. The smallest absolute Gasteiger partial charge is 0.225 e. The number of anilines is 1. The second kappa shape index (κ2) is 5.78. The molecule has 1 amide bonds. The third-order valence-corrected chi connectivity index (χ3v) is 3.88. The van der Waals surface area contributed by atoms with Gasteiger partial charge >= 0.3 is 0 Å². The summed E-state index contributed by atoms with van der Waals surface area (Å²) in [5, 5.41) is 5.27. The SMILES string of the molecule is CCn1c2ccccc2c2cc(NC(=O)CCCl)ccc21. The summed E-state index contributed by atoms with van der Waals surface area (Å²) in [5.41, 5.74) is 3.23. The van der Waals surface area contributed by atoms with E-state index >= 15 is 0 Å². The van der Waals surface area contributed by atoms with Gasteiger partial charge in [0.2, 0.25) is 5.91 Å². The van der Waals surface area contributed by atoms with Crippen molar-refractivity contribution in [2.24, 2.45) is 0 Å². The molecule has 0 unspecified atom stereocenters. The van der Waals surface area contributed by atoms with Crippen LogP contribution in [0.1, 0.15) is 13.3 Å². The van der Waals surface area contributed by atoms with Crippen LogP contribution in [-0.2, 0) is 11.3 Å². The molecule has 2 aromatic carbocycles. The third kappa shape index (κ3) is 2.49. The fourth-order valence-corrected chi connectivity index (χ4v) is 2.95. The third-order valence-electron chi connectivity index (χ3n) is 3.69. The molecule has 21 heavy (non-hydrogen) atoms. The highest BCUT2D eigenvalue weighted by Gasteiger charge is 2.10. The fraction of sp³-hybridized carbons (Fsp3) is 0.235. The lowest BCUT2D eigenvalue weighted by molar-refractivity contribution is -0.115. The predicted molar refractivity (Wildman–Crippen MR) is 89.1 cm³/mol. The molecule has 1 aromatic heterocycles. The number of benzene rings is 2. The maximum Gasteiger partial charge on any atom is 0.225 e. The Kier molecular flexibility index (Phi) is 3.84. The molecule has 3 rings (SSSR count). The molecule has 1 N–H and O–H groups in total. The quantitative estimate of drug-likeness (QED) is 0.713. The number of carbonyl (C=O) groups excluding carboxylic acids is 1. The van der Waals surface area contributed by atoms with Crippen molar-refractivity contribution in [3.05, 3.63) is 42.5 Å². The molecular weight excluding hydrogens is 284 g/mol. The second-order valence-electron chi connectivity index (χ2n) is 4.98. The molecule has 0 aliphatic carbocycles. The zero-order valence-corrected chi connectivity index (χ0v) is 12.7. The molecule has 0 radical (unpaired) electrons. The summed E-state index contributed by atoms with van der Waals surface area (Å²) in [5.74, 6) is 0.284. The molecule has 0 saturated heterocycles. The largest absolute Gasteiger partial charge is 0.341 e. The van der Waals surface area contributed by atoms with Gasteiger partial charge in [0.05, 0.1) is 0 Å². The van der Waals surface area contributed by atoms with Crippen LogP contribution in [0.2, 0.25) is 0 Å². The van der Waals surface area contributed by atoms with Crippen LogP contribution in [0.5, 0.6) is 0 Å². The molecular formula is C17H17ClN2O. The van der Waals surface area contributed by atoms with Gasteiger partial charge in [0.1, 0.15) is 0 Å². The number of fused-ring (bicyclic) bond motifs is 3. The van der Waals surface area contributed by atoms with E-state index in [0.717, 1.165) is 17.6 Å². The lowest BCUT2D eigenvalue weighted by Gasteiger charge is -2.06. The first kappa shape index (κ1) is 14.0. The van der Waals surface area contributed by atoms with Gasteiger partial charge in [-0.2, -0.15) is 0 Å². The number of amides is 1. The van der Waals surface area contributed by atoms with Crippen LogP contribution in [0.3, 0.4) is 0 Å². The Labute approximate surface area is 128 Å². The molecule has 0 spiro atoms. The van der Waals surface area contributed by atoms with Crippen molar-refractivity contribution in [1.29, 1.82) is 0 Å². The summed E-state index contributed by atoms with van der Waals surface area (Å²) in [7, 11) is 0. The molecule has 3 aromatic rings. The molecule has 108 valence electrons. The average molecular weight is 301 g/mol. The van der Waals surface area contributed by atoms with E-state index in [0.29, 0.717) is 12.3 Å². The molecule has 0 aliphatic rings. The van der Waals surface area contributed by atoms with Crippen LogP contribution in [0.4, 0.5) is 5.69 Å². The minimum atomic E-state index is -0.0522. The number of aryl methyl sites for hydroxylation is 1. The van der Waals surface area contributed by atoms with E-state index in [2.05, 4.69) is 41.1 Å². The zero-order valence-electron chi connectivity index (χ0n) is 11.9. The highest BCUT2D eigenvalue weighted by Crippen LogP contribution is 2.30. The Morgan fingerprint density at radius 2 is 1.90 bits per heavy atom. The molecule has 0 atom stereocenters. The van der Waals surface area contributed by atoms with Crippen LogP contribution in [0.25, 0.3) is 21.8 Å². The number of halogens is 1. The topological polar surface area (TPSA) is 34.0 Å². The molecule has 0 saturated carbocycles. The van der Waals surface area contributed by atoms with Crippen molar-refractivity contribution in [2.45, 2.75) is 19.9 Å². The molecule has 4 heteroatoms. The normalized spacial score (nSPS) is 11.1. The van der Waals surface area contributed by atoms with E-state index < -0.39 is 0 Å². The lowest BCUT2D eigenvalue weighted by Crippen LogP contribution is -2.11. The fourth-order valence-electron chi connectivity index (χ4n) is 2.78. The first-order chi connectivity index (χ1) is 10.2. The number of alkyl halides is 1. The van der Waals surface area contributed by atoms with Gasteiger partial charge in [0.15, 0.2) is 0 Å². The van der Waals surface area contributed by atoms with E-state index in [-0.39, 0.29) is 5.91 Å². The van der Waals surface area contributed by atoms with E-state index in [4.69, 9.17) is 11.6 Å². The Bertz CT molecular complexity index is 807. The molecule has 1 heterocycles. The van der Waals surface area contributed by atoms with Gasteiger partial charge in [0, 0.05) is 46.3 Å². The van der Waals surface area contributed by atoms with Crippen LogP contribution in [0, 0.1) is 0 Å². The van der Waals surface area contributed by atoms with Crippen LogP contribution in [-0.4, -0.2) is 16.4 Å². The molecule has 0 fully saturated rings. The van der Waals surface area contributed by atoms with Crippen LogP contribution < -0.4 is 5.32 Å². The first-order valence-corrected chi connectivity index (χ1v) is 7.65. The Hall–Kier alpha value is -2.00. The van der Waals surface area contributed by atoms with Crippen molar-refractivity contribution in [2.75, 3.05) is 11.2 Å². The molecule has 0 aliphatic heterocycles. The summed E-state index contributed by atoms with van der Waals surface area (Å²) < 4.78 is 2.29. The lowest BCUT2D eigenvalue weighted by atomic mass is 10.1. The van der Waals surface area contributed by atoms with Gasteiger partial charge < -0.3 is 9.88 Å². The first-order valence-electron chi connectivity index (χ1n) is 7.11. The number of nitrogens with one attached hydrogen (secondary N) is 1. The summed E-state index contributed by atoms with van der Waals surface area (Å²) in [4.78, 5) is 11.7. The van der Waals surface area contributed by atoms with Crippen molar-refractivity contribution < 1.29 is 4.79 Å². The van der Waals surface area contributed by atoms with E-state index in [9.17, 15) is 4.79 Å². The highest BCUT2D eigenvalue weighted by molar-refractivity contribution is 6.19. The number of carbonyl (C=O) groups is 1.